The number of rotatable bonds is 9. The average molecular weight is 491 g/mol. The number of carbonyl (C=O) groups is 1. The number of anilines is 1. The Morgan fingerprint density at radius 1 is 1.13 bits per heavy atom. The van der Waals surface area contributed by atoms with Gasteiger partial charge in [-0.15, -0.1) is 11.3 Å². The topological polar surface area (TPSA) is 69.7 Å². The predicted molar refractivity (Wildman–Crippen MR) is 123 cm³/mol. The molecule has 1 aromatic heterocycles. The zero-order valence-electron chi connectivity index (χ0n) is 17.0. The molecule has 0 atom stereocenters. The van der Waals surface area contributed by atoms with Crippen molar-refractivity contribution in [3.05, 3.63) is 51.8 Å². The number of nitrogens with one attached hydrogen (secondary N) is 1. The largest absolute Gasteiger partial charge is 0.494 e. The van der Waals surface area contributed by atoms with Gasteiger partial charge in [-0.2, -0.15) is 0 Å². The van der Waals surface area contributed by atoms with Crippen molar-refractivity contribution in [1.82, 2.24) is 4.98 Å². The molecule has 0 bridgehead atoms. The lowest BCUT2D eigenvalue weighted by Crippen LogP contribution is -2.12. The van der Waals surface area contributed by atoms with E-state index in [1.54, 1.807) is 14.2 Å². The van der Waals surface area contributed by atoms with Gasteiger partial charge in [-0.3, -0.25) is 4.79 Å². The number of hydrogen-bond donors (Lipinski definition) is 1. The highest BCUT2D eigenvalue weighted by Crippen LogP contribution is 2.34. The molecular weight excluding hydrogens is 468 g/mol. The molecule has 158 valence electrons. The van der Waals surface area contributed by atoms with Crippen LogP contribution in [0.3, 0.4) is 0 Å². The van der Waals surface area contributed by atoms with Crippen LogP contribution in [0.4, 0.5) is 5.13 Å². The number of nitrogens with zero attached hydrogens (tertiary/aromatic N) is 1. The molecule has 0 saturated heterocycles. The van der Waals surface area contributed by atoms with E-state index in [-0.39, 0.29) is 5.91 Å². The highest BCUT2D eigenvalue weighted by Gasteiger charge is 2.13. The lowest BCUT2D eigenvalue weighted by atomic mass is 10.1. The number of halogens is 1. The molecule has 0 fully saturated rings. The number of benzene rings is 2. The van der Waals surface area contributed by atoms with Gasteiger partial charge in [0.2, 0.25) is 5.91 Å². The van der Waals surface area contributed by atoms with E-state index in [0.29, 0.717) is 36.1 Å². The molecule has 0 radical (unpaired) electrons. The second-order valence-corrected chi connectivity index (χ2v) is 8.05. The van der Waals surface area contributed by atoms with Gasteiger partial charge in [-0.05, 0) is 55.3 Å². The van der Waals surface area contributed by atoms with Crippen LogP contribution in [0.15, 0.2) is 46.3 Å². The first-order valence-electron chi connectivity index (χ1n) is 9.43. The highest BCUT2D eigenvalue weighted by molar-refractivity contribution is 9.10. The van der Waals surface area contributed by atoms with E-state index in [1.807, 2.05) is 48.7 Å². The summed E-state index contributed by atoms with van der Waals surface area (Å²) in [6.45, 7) is 2.58. The van der Waals surface area contributed by atoms with Gasteiger partial charge in [0.15, 0.2) is 16.6 Å². The number of thiazole rings is 1. The Morgan fingerprint density at radius 2 is 1.83 bits per heavy atom. The Hall–Kier alpha value is -2.58. The number of aryl methyl sites for hydroxylation is 1. The third-order valence-electron chi connectivity index (χ3n) is 4.39. The van der Waals surface area contributed by atoms with Crippen LogP contribution in [0, 0.1) is 0 Å². The Labute approximate surface area is 188 Å². The van der Waals surface area contributed by atoms with Crippen LogP contribution in [0.5, 0.6) is 17.2 Å². The summed E-state index contributed by atoms with van der Waals surface area (Å²) in [5.41, 5.74) is 2.77. The van der Waals surface area contributed by atoms with Gasteiger partial charge in [-0.25, -0.2) is 4.98 Å². The molecule has 0 spiro atoms. The number of methoxy groups -OCH3 is 2. The maximum atomic E-state index is 12.4. The zero-order chi connectivity index (χ0) is 21.5. The van der Waals surface area contributed by atoms with Gasteiger partial charge in [0.05, 0.1) is 26.5 Å². The van der Waals surface area contributed by atoms with Crippen LogP contribution < -0.4 is 19.5 Å². The molecule has 30 heavy (non-hydrogen) atoms. The Balaban J connectivity index is 1.59. The molecule has 3 rings (SSSR count). The van der Waals surface area contributed by atoms with Crippen molar-refractivity contribution >= 4 is 38.3 Å². The lowest BCUT2D eigenvalue weighted by molar-refractivity contribution is -0.116. The van der Waals surface area contributed by atoms with Crippen LogP contribution >= 0.6 is 27.3 Å². The second kappa shape index (κ2) is 10.4. The molecule has 0 aliphatic heterocycles. The number of amides is 1. The minimum absolute atomic E-state index is 0.0933. The standard InChI is InChI=1S/C22H23BrN2O4S/c1-4-29-16-8-5-14(6-9-16)18-13-30-22(24-18)25-21(26)10-7-15-11-19(27-2)20(28-3)12-17(15)23/h5-6,8-9,11-13H,4,7,10H2,1-3H3,(H,24,25,26). The average Bonchev–Trinajstić information content (AvgIpc) is 3.21. The predicted octanol–water partition coefficient (Wildman–Crippen LogP) is 5.56. The lowest BCUT2D eigenvalue weighted by Gasteiger charge is -2.11. The molecule has 0 aliphatic rings. The molecule has 2 aromatic carbocycles. The number of aromatic nitrogens is 1. The van der Waals surface area contributed by atoms with E-state index in [9.17, 15) is 4.79 Å². The SMILES string of the molecule is CCOc1ccc(-c2csc(NC(=O)CCc3cc(OC)c(OC)cc3Br)n2)cc1. The van der Waals surface area contributed by atoms with Crippen molar-refractivity contribution in [2.75, 3.05) is 26.1 Å². The van der Waals surface area contributed by atoms with E-state index in [1.165, 1.54) is 11.3 Å². The zero-order valence-corrected chi connectivity index (χ0v) is 19.4. The first-order chi connectivity index (χ1) is 14.5. The van der Waals surface area contributed by atoms with Crippen molar-refractivity contribution in [3.8, 4) is 28.5 Å². The van der Waals surface area contributed by atoms with Gasteiger partial charge < -0.3 is 19.5 Å². The van der Waals surface area contributed by atoms with Gasteiger partial charge in [0, 0.05) is 21.8 Å². The normalized spacial score (nSPS) is 10.5. The molecule has 3 aromatic rings. The summed E-state index contributed by atoms with van der Waals surface area (Å²) in [7, 11) is 3.18. The third-order valence-corrected chi connectivity index (χ3v) is 5.88. The molecule has 1 amide bonds. The van der Waals surface area contributed by atoms with Crippen molar-refractivity contribution in [2.45, 2.75) is 19.8 Å². The minimum Gasteiger partial charge on any atom is -0.494 e. The number of hydrogen-bond acceptors (Lipinski definition) is 6. The molecule has 6 nitrogen and oxygen atoms in total. The molecule has 8 heteroatoms. The van der Waals surface area contributed by atoms with Crippen molar-refractivity contribution < 1.29 is 19.0 Å². The van der Waals surface area contributed by atoms with Crippen molar-refractivity contribution in [1.29, 1.82) is 0 Å². The summed E-state index contributed by atoms with van der Waals surface area (Å²) in [6.07, 6.45) is 0.885. The monoisotopic (exact) mass is 490 g/mol. The first-order valence-corrected chi connectivity index (χ1v) is 11.1. The van der Waals surface area contributed by atoms with E-state index in [2.05, 4.69) is 26.2 Å². The van der Waals surface area contributed by atoms with Gasteiger partial charge in [0.1, 0.15) is 5.75 Å². The van der Waals surface area contributed by atoms with E-state index in [4.69, 9.17) is 14.2 Å². The maximum Gasteiger partial charge on any atom is 0.226 e. The van der Waals surface area contributed by atoms with Crippen LogP contribution in [0.1, 0.15) is 18.9 Å². The summed E-state index contributed by atoms with van der Waals surface area (Å²) in [5, 5.41) is 5.38. The molecule has 0 unspecified atom stereocenters. The van der Waals surface area contributed by atoms with Crippen LogP contribution in [0.25, 0.3) is 11.3 Å². The van der Waals surface area contributed by atoms with E-state index < -0.39 is 0 Å². The summed E-state index contributed by atoms with van der Waals surface area (Å²) in [4.78, 5) is 16.9. The van der Waals surface area contributed by atoms with Gasteiger partial charge in [0.25, 0.3) is 0 Å². The van der Waals surface area contributed by atoms with E-state index in [0.717, 1.165) is 27.0 Å². The Kier molecular flexibility index (Phi) is 7.70. The summed E-state index contributed by atoms with van der Waals surface area (Å²) in [6, 6.07) is 11.5. The molecule has 1 heterocycles. The van der Waals surface area contributed by atoms with Crippen molar-refractivity contribution in [2.24, 2.45) is 0 Å². The van der Waals surface area contributed by atoms with Gasteiger partial charge >= 0.3 is 0 Å². The quantitative estimate of drug-likeness (QED) is 0.425. The number of carbonyl (C=O) groups excluding carboxylic acids is 1. The number of ether oxygens (including phenoxy) is 3. The highest BCUT2D eigenvalue weighted by atomic mass is 79.9. The fourth-order valence-corrected chi connectivity index (χ4v) is 4.13. The fourth-order valence-electron chi connectivity index (χ4n) is 2.87. The van der Waals surface area contributed by atoms with Gasteiger partial charge in [-0.1, -0.05) is 15.9 Å². The minimum atomic E-state index is -0.0933. The smallest absolute Gasteiger partial charge is 0.226 e. The summed E-state index contributed by atoms with van der Waals surface area (Å²) in [5.74, 6) is 2.01. The molecule has 0 aliphatic carbocycles. The molecular formula is C22H23BrN2O4S. The Morgan fingerprint density at radius 3 is 2.50 bits per heavy atom. The maximum absolute atomic E-state index is 12.4. The fraction of sp³-hybridized carbons (Fsp3) is 0.273. The second-order valence-electron chi connectivity index (χ2n) is 6.34. The van der Waals surface area contributed by atoms with Crippen molar-refractivity contribution in [3.63, 3.8) is 0 Å². The Bertz CT molecular complexity index is 1000. The summed E-state index contributed by atoms with van der Waals surface area (Å²) < 4.78 is 17.0. The van der Waals surface area contributed by atoms with Crippen LogP contribution in [-0.4, -0.2) is 31.7 Å². The molecule has 1 N–H and O–H groups in total. The van der Waals surface area contributed by atoms with Crippen LogP contribution in [0.2, 0.25) is 0 Å². The van der Waals surface area contributed by atoms with E-state index >= 15 is 0 Å². The first kappa shape index (κ1) is 22.1. The van der Waals surface area contributed by atoms with Crippen LogP contribution in [-0.2, 0) is 11.2 Å². The summed E-state index contributed by atoms with van der Waals surface area (Å²) >= 11 is 4.93. The molecule has 0 saturated carbocycles. The third kappa shape index (κ3) is 5.52.